The van der Waals surface area contributed by atoms with Gasteiger partial charge in [-0.1, -0.05) is 161 Å². The maximum absolute atomic E-state index is 11.8. The number of nitrogens with zero attached hydrogens (tertiary/aromatic N) is 4. The largest absolute Gasteiger partial charge is 0.477 e. The minimum Gasteiger partial charge on any atom is -0.477 e. The number of hydrogen-bond acceptors (Lipinski definition) is 10. The normalized spacial score (nSPS) is 13.9. The van der Waals surface area contributed by atoms with Gasteiger partial charge < -0.3 is 20.0 Å². The van der Waals surface area contributed by atoms with E-state index in [0.717, 1.165) is 105 Å². The molecule has 0 unspecified atom stereocenters. The van der Waals surface area contributed by atoms with Crippen molar-refractivity contribution in [2.24, 2.45) is 0 Å². The smallest absolute Gasteiger partial charge is 0.346 e. The molecule has 382 valence electrons. The van der Waals surface area contributed by atoms with Crippen LogP contribution in [0.5, 0.6) is 0 Å². The highest BCUT2D eigenvalue weighted by molar-refractivity contribution is 8.00. The summed E-state index contributed by atoms with van der Waals surface area (Å²) in [5, 5.41) is 44.0. The molecule has 0 bridgehead atoms. The topological polar surface area (TPSA) is 129 Å². The predicted molar refractivity (Wildman–Crippen MR) is 322 cm³/mol. The summed E-state index contributed by atoms with van der Waals surface area (Å²) in [4.78, 5) is 37.9. The van der Waals surface area contributed by atoms with Gasteiger partial charge in [-0.05, 0) is 129 Å². The van der Waals surface area contributed by atoms with E-state index in [1.807, 2.05) is 59.1 Å². The van der Waals surface area contributed by atoms with Gasteiger partial charge in [-0.3, -0.25) is 0 Å². The Labute approximate surface area is 467 Å². The van der Waals surface area contributed by atoms with E-state index in [9.17, 15) is 30.3 Å². The minimum atomic E-state index is -2.88. The van der Waals surface area contributed by atoms with Gasteiger partial charge in [0.05, 0.1) is 22.7 Å². The summed E-state index contributed by atoms with van der Waals surface area (Å²) in [7, 11) is -2.88. The van der Waals surface area contributed by atoms with E-state index in [1.54, 1.807) is 23.5 Å². The number of anilines is 4. The van der Waals surface area contributed by atoms with E-state index in [1.165, 1.54) is 65.2 Å². The van der Waals surface area contributed by atoms with Crippen LogP contribution in [0, 0.1) is 22.7 Å². The molecule has 11 rings (SSSR count). The second-order valence-electron chi connectivity index (χ2n) is 19.6. The number of hydrogen-bond donors (Lipinski definition) is 2. The van der Waals surface area contributed by atoms with Crippen LogP contribution in [0.4, 0.5) is 22.7 Å². The monoisotopic (exact) mass is 1100 g/mol. The minimum absolute atomic E-state index is 0.295. The molecule has 0 aliphatic carbocycles. The van der Waals surface area contributed by atoms with Crippen molar-refractivity contribution in [3.8, 4) is 42.8 Å². The average molecular weight is 1100 g/mol. The number of thiophene rings is 2. The van der Waals surface area contributed by atoms with E-state index in [-0.39, 0.29) is 11.1 Å². The molecule has 0 amide bonds. The summed E-state index contributed by atoms with van der Waals surface area (Å²) in [6.07, 6.45) is 11.9. The number of rotatable bonds is 18. The summed E-state index contributed by atoms with van der Waals surface area (Å²) in [6, 6.07) is 56.7. The Morgan fingerprint density at radius 1 is 0.506 bits per heavy atom. The van der Waals surface area contributed by atoms with E-state index < -0.39 is 20.0 Å². The lowest BCUT2D eigenvalue weighted by molar-refractivity contribution is -0.133. The van der Waals surface area contributed by atoms with Gasteiger partial charge >= 0.3 is 11.9 Å². The maximum Gasteiger partial charge on any atom is 0.346 e. The zero-order valence-electron chi connectivity index (χ0n) is 42.7. The van der Waals surface area contributed by atoms with E-state index in [0.29, 0.717) is 11.1 Å². The first kappa shape index (κ1) is 51.7. The lowest BCUT2D eigenvalue weighted by Gasteiger charge is -2.33. The Bertz CT molecular complexity index is 3510. The van der Waals surface area contributed by atoms with E-state index >= 15 is 0 Å². The number of carboxylic acid groups (broad SMARTS) is 2. The van der Waals surface area contributed by atoms with Gasteiger partial charge in [-0.15, -0.1) is 22.7 Å². The summed E-state index contributed by atoms with van der Waals surface area (Å²) in [6.45, 7) is 6.17. The van der Waals surface area contributed by atoms with Crippen LogP contribution in [0.1, 0.15) is 76.3 Å². The Kier molecular flexibility index (Phi) is 15.0. The molecule has 3 aliphatic rings. The van der Waals surface area contributed by atoms with E-state index in [2.05, 4.69) is 145 Å². The van der Waals surface area contributed by atoms with Crippen LogP contribution in [0.15, 0.2) is 176 Å². The van der Waals surface area contributed by atoms with Crippen molar-refractivity contribution in [3.63, 3.8) is 0 Å². The highest BCUT2D eigenvalue weighted by atomic mass is 32.2. The van der Waals surface area contributed by atoms with Crippen molar-refractivity contribution in [3.05, 3.63) is 168 Å². The molecule has 0 spiro atoms. The fraction of sp³-hybridized carbons (Fsp3) is 0.188. The first-order valence-electron chi connectivity index (χ1n) is 26.2. The molecule has 0 atom stereocenters. The van der Waals surface area contributed by atoms with Crippen molar-refractivity contribution in [1.82, 2.24) is 0 Å². The van der Waals surface area contributed by atoms with Crippen LogP contribution >= 0.6 is 46.2 Å². The van der Waals surface area contributed by atoms with Gasteiger partial charge in [0.25, 0.3) is 0 Å². The van der Waals surface area contributed by atoms with Gasteiger partial charge in [0.2, 0.25) is 0 Å². The Balaban J connectivity index is 1.02. The lowest BCUT2D eigenvalue weighted by Crippen LogP contribution is -2.72. The van der Waals surface area contributed by atoms with Crippen molar-refractivity contribution in [2.45, 2.75) is 84.8 Å². The van der Waals surface area contributed by atoms with Gasteiger partial charge in [0, 0.05) is 52.2 Å². The number of carboxylic acids is 2. The molecule has 0 fully saturated rings. The number of aliphatic carboxylic acids is 2. The first-order valence-corrected chi connectivity index (χ1v) is 31.5. The van der Waals surface area contributed by atoms with Gasteiger partial charge in [0.15, 0.2) is 8.07 Å². The molecule has 13 heteroatoms. The molecule has 5 heterocycles. The predicted octanol–water partition coefficient (Wildman–Crippen LogP) is 14.9. The zero-order valence-corrected chi connectivity index (χ0v) is 47.0. The van der Waals surface area contributed by atoms with Crippen LogP contribution in [-0.2, 0) is 9.59 Å². The summed E-state index contributed by atoms with van der Waals surface area (Å²) >= 11 is 7.16. The Morgan fingerprint density at radius 2 is 0.896 bits per heavy atom. The van der Waals surface area contributed by atoms with Crippen LogP contribution in [-0.4, -0.2) is 43.3 Å². The Hall–Kier alpha value is -7.36. The maximum atomic E-state index is 11.8. The molecule has 2 aromatic heterocycles. The van der Waals surface area contributed by atoms with Crippen molar-refractivity contribution in [2.75, 3.05) is 22.9 Å². The third kappa shape index (κ3) is 9.77. The van der Waals surface area contributed by atoms with Gasteiger partial charge in [-0.25, -0.2) is 9.59 Å². The number of fused-ring (bicyclic) bond motifs is 7. The van der Waals surface area contributed by atoms with Crippen LogP contribution in [0.25, 0.3) is 42.8 Å². The molecule has 8 aromatic rings. The Morgan fingerprint density at radius 3 is 1.27 bits per heavy atom. The number of nitriles is 2. The fourth-order valence-electron chi connectivity index (χ4n) is 11.1. The molecule has 77 heavy (non-hydrogen) atoms. The van der Waals surface area contributed by atoms with Crippen LogP contribution < -0.4 is 30.5 Å². The zero-order chi connectivity index (χ0) is 53.2. The second kappa shape index (κ2) is 22.3. The van der Waals surface area contributed by atoms with Crippen molar-refractivity contribution < 1.29 is 19.8 Å². The second-order valence-corrected chi connectivity index (χ2v) is 27.6. The summed E-state index contributed by atoms with van der Waals surface area (Å²) in [5.74, 6) is -2.48. The van der Waals surface area contributed by atoms with Crippen LogP contribution in [0.3, 0.4) is 0 Å². The van der Waals surface area contributed by atoms with Crippen molar-refractivity contribution >= 4 is 122 Å². The quantitative estimate of drug-likeness (QED) is 0.0371. The molecule has 2 N–H and O–H groups in total. The highest BCUT2D eigenvalue weighted by Gasteiger charge is 2.51. The summed E-state index contributed by atoms with van der Waals surface area (Å²) < 4.78 is 0. The highest BCUT2D eigenvalue weighted by Crippen LogP contribution is 2.53. The number of benzene rings is 6. The number of unbranched alkanes of at least 4 members (excludes halogenated alkanes) is 6. The van der Waals surface area contributed by atoms with Crippen molar-refractivity contribution in [1.29, 1.82) is 10.5 Å². The third-order valence-electron chi connectivity index (χ3n) is 14.7. The third-order valence-corrected chi connectivity index (χ3v) is 24.6. The summed E-state index contributed by atoms with van der Waals surface area (Å²) in [5.41, 5.74) is 7.58. The molecule has 0 saturated carbocycles. The van der Waals surface area contributed by atoms with Crippen LogP contribution in [0.2, 0.25) is 0 Å². The number of carbonyl (C=O) groups is 2. The SMILES string of the molecule is CCCCCCN1c2ccc(/C=C(/C#N)C(=O)O)cc2Sc2cc(-c3cc4c(s3)-c3sc(-c5ccc6c(c5)Sc5cc(/C=C(\C#N)C(=O)O)ccc5N6CCCCCC)cc3[Si]4(c3ccccc3)c3ccccc3)ccc21. The molecule has 0 saturated heterocycles. The van der Waals surface area contributed by atoms with E-state index in [4.69, 9.17) is 0 Å². The molecule has 0 radical (unpaired) electrons. The standard InChI is InChI=1S/C64H54N4O4S4Si/c1-3-5-7-15-29-67-49-25-21-41(31-45(39-65)63(69)70)33-55(49)73-57-35-43(23-27-51(57)67)53-37-59-61(75-53)62-60(77(59,47-17-11-9-12-18-47)48-19-13-10-14-20-48)38-54(76-62)44-24-28-52-58(36-44)74-56-34-42(32-46(40-66)64(71)72)22-26-50(56)68(52)30-16-8-6-4-2/h9-14,17-28,31-38H,3-8,15-16,29-30H2,1-2H3,(H,69,70)(H,71,72)/b45-31-,46-32+. The van der Waals surface area contributed by atoms with Gasteiger partial charge in [0.1, 0.15) is 23.3 Å². The molecular weight excluding hydrogens is 1050 g/mol. The first-order chi connectivity index (χ1) is 37.6. The molecule has 8 nitrogen and oxygen atoms in total. The molecular formula is C64H54N4O4S4Si. The lowest BCUT2D eigenvalue weighted by atomic mass is 10.1. The molecule has 3 aliphatic heterocycles. The molecule has 6 aromatic carbocycles. The average Bonchev–Trinajstić information content (AvgIpc) is 4.24. The van der Waals surface area contributed by atoms with Gasteiger partial charge in [-0.2, -0.15) is 10.5 Å². The fourth-order valence-corrected chi connectivity index (χ4v) is 22.2.